The summed E-state index contributed by atoms with van der Waals surface area (Å²) in [4.78, 5) is 0. The largest absolute Gasteiger partial charge is 0.493 e. The van der Waals surface area contributed by atoms with E-state index in [4.69, 9.17) is 9.47 Å². The fourth-order valence-corrected chi connectivity index (χ4v) is 1.97. The summed E-state index contributed by atoms with van der Waals surface area (Å²) in [5, 5.41) is 0. The Balaban J connectivity index is 2.65. The van der Waals surface area contributed by atoms with Crippen LogP contribution in [-0.2, 0) is 6.42 Å². The summed E-state index contributed by atoms with van der Waals surface area (Å²) < 4.78 is 11.9. The summed E-state index contributed by atoms with van der Waals surface area (Å²) in [5.41, 5.74) is 1.19. The molecule has 0 aromatic heterocycles. The van der Waals surface area contributed by atoms with Gasteiger partial charge in [-0.25, -0.2) is 0 Å². The van der Waals surface area contributed by atoms with Gasteiger partial charge in [-0.15, -0.1) is 0 Å². The van der Waals surface area contributed by atoms with Crippen molar-refractivity contribution in [3.05, 3.63) is 23.8 Å². The lowest BCUT2D eigenvalue weighted by molar-refractivity contribution is 0.271. The average molecular weight is 278 g/mol. The van der Waals surface area contributed by atoms with Crippen molar-refractivity contribution >= 4 is 0 Å². The third-order valence-electron chi connectivity index (χ3n) is 3.35. The molecule has 114 valence electrons. The molecule has 0 aliphatic heterocycles. The van der Waals surface area contributed by atoms with Crippen LogP contribution in [-0.4, -0.2) is 13.2 Å². The lowest BCUT2D eigenvalue weighted by atomic mass is 10.1. The smallest absolute Gasteiger partial charge is 0.126 e. The molecule has 0 unspecified atom stereocenters. The molecule has 1 aromatic rings. The van der Waals surface area contributed by atoms with Crippen LogP contribution in [0.2, 0.25) is 0 Å². The third kappa shape index (κ3) is 5.85. The van der Waals surface area contributed by atoms with Gasteiger partial charge in [-0.05, 0) is 43.2 Å². The van der Waals surface area contributed by atoms with Crippen molar-refractivity contribution in [2.45, 2.75) is 53.9 Å². The molecule has 0 radical (unpaired) electrons. The van der Waals surface area contributed by atoms with E-state index in [9.17, 15) is 0 Å². The quantitative estimate of drug-likeness (QED) is 0.625. The minimum atomic E-state index is 0.672. The molecule has 0 spiro atoms. The summed E-state index contributed by atoms with van der Waals surface area (Å²) in [6, 6.07) is 6.12. The highest BCUT2D eigenvalue weighted by atomic mass is 16.5. The number of ether oxygens (including phenoxy) is 2. The van der Waals surface area contributed by atoms with Crippen LogP contribution in [0.5, 0.6) is 11.5 Å². The van der Waals surface area contributed by atoms with Gasteiger partial charge in [0.1, 0.15) is 11.5 Å². The minimum Gasteiger partial charge on any atom is -0.493 e. The van der Waals surface area contributed by atoms with E-state index < -0.39 is 0 Å². The van der Waals surface area contributed by atoms with Crippen molar-refractivity contribution < 1.29 is 9.47 Å². The molecule has 0 fully saturated rings. The van der Waals surface area contributed by atoms with E-state index >= 15 is 0 Å². The van der Waals surface area contributed by atoms with Crippen molar-refractivity contribution in [1.82, 2.24) is 0 Å². The average Bonchev–Trinajstić information content (AvgIpc) is 2.38. The van der Waals surface area contributed by atoms with Crippen LogP contribution in [0.4, 0.5) is 0 Å². The fraction of sp³-hybridized carbons (Fsp3) is 0.667. The zero-order valence-corrected chi connectivity index (χ0v) is 13.7. The lowest BCUT2D eigenvalue weighted by Gasteiger charge is -2.16. The van der Waals surface area contributed by atoms with Crippen LogP contribution in [0.25, 0.3) is 0 Å². The summed E-state index contributed by atoms with van der Waals surface area (Å²) in [5.74, 6) is 3.31. The molecule has 0 saturated heterocycles. The minimum absolute atomic E-state index is 0.672. The van der Waals surface area contributed by atoms with E-state index in [2.05, 4.69) is 46.8 Å². The molecule has 0 aliphatic rings. The molecule has 0 aliphatic carbocycles. The highest BCUT2D eigenvalue weighted by Crippen LogP contribution is 2.29. The SMILES string of the molecule is CCc1c(OCCC(C)C)cccc1OCCC(C)C. The van der Waals surface area contributed by atoms with Crippen LogP contribution < -0.4 is 9.47 Å². The van der Waals surface area contributed by atoms with Gasteiger partial charge in [0.25, 0.3) is 0 Å². The molecule has 0 heterocycles. The summed E-state index contributed by atoms with van der Waals surface area (Å²) >= 11 is 0. The first-order valence-corrected chi connectivity index (χ1v) is 7.92. The van der Waals surface area contributed by atoms with E-state index in [0.717, 1.165) is 44.0 Å². The zero-order valence-electron chi connectivity index (χ0n) is 13.7. The molecule has 1 rings (SSSR count). The second kappa shape index (κ2) is 8.89. The first-order valence-electron chi connectivity index (χ1n) is 7.92. The molecule has 0 amide bonds. The van der Waals surface area contributed by atoms with Gasteiger partial charge in [-0.2, -0.15) is 0 Å². The number of rotatable bonds is 9. The van der Waals surface area contributed by atoms with Crippen molar-refractivity contribution in [2.75, 3.05) is 13.2 Å². The highest BCUT2D eigenvalue weighted by molar-refractivity contribution is 5.44. The second-order valence-electron chi connectivity index (χ2n) is 6.15. The number of benzene rings is 1. The maximum absolute atomic E-state index is 5.93. The molecular formula is C18H30O2. The van der Waals surface area contributed by atoms with Crippen molar-refractivity contribution in [3.8, 4) is 11.5 Å². The molecular weight excluding hydrogens is 248 g/mol. The van der Waals surface area contributed by atoms with Crippen molar-refractivity contribution in [1.29, 1.82) is 0 Å². The normalized spacial score (nSPS) is 11.2. The Labute approximate surface area is 124 Å². The maximum Gasteiger partial charge on any atom is 0.126 e. The predicted octanol–water partition coefficient (Wildman–Crippen LogP) is 5.10. The van der Waals surface area contributed by atoms with E-state index in [1.165, 1.54) is 5.56 Å². The Kier molecular flexibility index (Phi) is 7.50. The summed E-state index contributed by atoms with van der Waals surface area (Å²) in [6.07, 6.45) is 3.11. The number of hydrogen-bond donors (Lipinski definition) is 0. The van der Waals surface area contributed by atoms with Gasteiger partial charge < -0.3 is 9.47 Å². The van der Waals surface area contributed by atoms with E-state index in [0.29, 0.717) is 11.8 Å². The third-order valence-corrected chi connectivity index (χ3v) is 3.35. The Bertz CT molecular complexity index is 351. The van der Waals surface area contributed by atoms with Gasteiger partial charge in [0.05, 0.1) is 13.2 Å². The molecule has 2 nitrogen and oxygen atoms in total. The van der Waals surface area contributed by atoms with Crippen molar-refractivity contribution in [2.24, 2.45) is 11.8 Å². The van der Waals surface area contributed by atoms with E-state index in [1.807, 2.05) is 6.07 Å². The van der Waals surface area contributed by atoms with Crippen LogP contribution in [0.1, 0.15) is 53.0 Å². The second-order valence-corrected chi connectivity index (χ2v) is 6.15. The zero-order chi connectivity index (χ0) is 15.0. The Morgan fingerprint density at radius 2 is 1.30 bits per heavy atom. The number of hydrogen-bond acceptors (Lipinski definition) is 2. The van der Waals surface area contributed by atoms with Gasteiger partial charge in [0, 0.05) is 5.56 Å². The molecule has 0 bridgehead atoms. The van der Waals surface area contributed by atoms with E-state index in [-0.39, 0.29) is 0 Å². The first kappa shape index (κ1) is 16.9. The van der Waals surface area contributed by atoms with Gasteiger partial charge in [0.2, 0.25) is 0 Å². The standard InChI is InChI=1S/C18H30O2/c1-6-16-17(19-12-10-14(2)3)8-7-9-18(16)20-13-11-15(4)5/h7-9,14-15H,6,10-13H2,1-5H3. The van der Waals surface area contributed by atoms with Gasteiger partial charge in [0.15, 0.2) is 0 Å². The van der Waals surface area contributed by atoms with Gasteiger partial charge in [-0.3, -0.25) is 0 Å². The molecule has 20 heavy (non-hydrogen) atoms. The lowest BCUT2D eigenvalue weighted by Crippen LogP contribution is -2.06. The fourth-order valence-electron chi connectivity index (χ4n) is 1.97. The van der Waals surface area contributed by atoms with Crippen LogP contribution in [0, 0.1) is 11.8 Å². The van der Waals surface area contributed by atoms with E-state index in [1.54, 1.807) is 0 Å². The van der Waals surface area contributed by atoms with Gasteiger partial charge in [-0.1, -0.05) is 40.7 Å². The van der Waals surface area contributed by atoms with Crippen molar-refractivity contribution in [3.63, 3.8) is 0 Å². The predicted molar refractivity (Wildman–Crippen MR) is 85.7 cm³/mol. The Morgan fingerprint density at radius 1 is 0.850 bits per heavy atom. The monoisotopic (exact) mass is 278 g/mol. The molecule has 2 heteroatoms. The Morgan fingerprint density at radius 3 is 1.65 bits per heavy atom. The van der Waals surface area contributed by atoms with Crippen LogP contribution >= 0.6 is 0 Å². The topological polar surface area (TPSA) is 18.5 Å². The Hall–Kier alpha value is -1.18. The molecule has 0 N–H and O–H groups in total. The molecule has 1 aromatic carbocycles. The summed E-state index contributed by atoms with van der Waals surface area (Å²) in [7, 11) is 0. The van der Waals surface area contributed by atoms with Crippen LogP contribution in [0.3, 0.4) is 0 Å². The molecule has 0 atom stereocenters. The molecule has 0 saturated carbocycles. The highest BCUT2D eigenvalue weighted by Gasteiger charge is 2.09. The van der Waals surface area contributed by atoms with Crippen LogP contribution in [0.15, 0.2) is 18.2 Å². The maximum atomic E-state index is 5.93. The van der Waals surface area contributed by atoms with Gasteiger partial charge >= 0.3 is 0 Å². The first-order chi connectivity index (χ1) is 9.54. The summed E-state index contributed by atoms with van der Waals surface area (Å²) in [6.45, 7) is 12.6.